The fraction of sp³-hybridized carbons (Fsp3) is 0.316. The van der Waals surface area contributed by atoms with Gasteiger partial charge < -0.3 is 5.32 Å². The fourth-order valence-electron chi connectivity index (χ4n) is 2.58. The van der Waals surface area contributed by atoms with Gasteiger partial charge in [0.15, 0.2) is 0 Å². The molecule has 0 spiro atoms. The number of benzene rings is 2. The average molecular weight is 334 g/mol. The number of halogens is 2. The first-order valence-corrected chi connectivity index (χ1v) is 8.23. The Balaban J connectivity index is 2.08. The van der Waals surface area contributed by atoms with E-state index in [2.05, 4.69) is 5.32 Å². The summed E-state index contributed by atoms with van der Waals surface area (Å²) in [5.41, 5.74) is 2.44. The van der Waals surface area contributed by atoms with E-state index in [1.165, 1.54) is 6.07 Å². The molecular formula is C19H21ClFNO. The van der Waals surface area contributed by atoms with Gasteiger partial charge in [0.05, 0.1) is 5.92 Å². The van der Waals surface area contributed by atoms with Gasteiger partial charge in [-0.25, -0.2) is 4.39 Å². The maximum absolute atomic E-state index is 13.8. The van der Waals surface area contributed by atoms with Crippen molar-refractivity contribution >= 4 is 17.5 Å². The van der Waals surface area contributed by atoms with Crippen molar-refractivity contribution in [2.75, 3.05) is 0 Å². The zero-order chi connectivity index (χ0) is 16.8. The van der Waals surface area contributed by atoms with Crippen molar-refractivity contribution in [1.29, 1.82) is 0 Å². The molecule has 0 bridgehead atoms. The Morgan fingerprint density at radius 2 is 2.00 bits per heavy atom. The van der Waals surface area contributed by atoms with Gasteiger partial charge in [0.1, 0.15) is 5.82 Å². The van der Waals surface area contributed by atoms with Gasteiger partial charge in [-0.1, -0.05) is 49.7 Å². The minimum Gasteiger partial charge on any atom is -0.351 e. The summed E-state index contributed by atoms with van der Waals surface area (Å²) >= 11 is 6.00. The van der Waals surface area contributed by atoms with Crippen molar-refractivity contribution in [3.8, 4) is 0 Å². The minimum absolute atomic E-state index is 0.115. The van der Waals surface area contributed by atoms with Crippen LogP contribution in [0.1, 0.15) is 42.9 Å². The lowest BCUT2D eigenvalue weighted by Crippen LogP contribution is -2.29. The highest BCUT2D eigenvalue weighted by Crippen LogP contribution is 2.23. The number of nitrogens with one attached hydrogen (secondary N) is 1. The predicted molar refractivity (Wildman–Crippen MR) is 92.1 cm³/mol. The topological polar surface area (TPSA) is 29.1 Å². The predicted octanol–water partition coefficient (Wildman–Crippen LogP) is 4.85. The first-order valence-electron chi connectivity index (χ1n) is 7.85. The Labute approximate surface area is 141 Å². The van der Waals surface area contributed by atoms with E-state index in [4.69, 9.17) is 11.6 Å². The van der Waals surface area contributed by atoms with Gasteiger partial charge in [-0.2, -0.15) is 0 Å². The molecule has 1 unspecified atom stereocenters. The lowest BCUT2D eigenvalue weighted by atomic mass is 9.95. The molecule has 0 fully saturated rings. The highest BCUT2D eigenvalue weighted by Gasteiger charge is 2.19. The molecule has 0 saturated heterocycles. The molecule has 2 rings (SSSR count). The van der Waals surface area contributed by atoms with Crippen LogP contribution in [0.3, 0.4) is 0 Å². The van der Waals surface area contributed by atoms with E-state index in [9.17, 15) is 9.18 Å². The molecule has 2 aromatic carbocycles. The Morgan fingerprint density at radius 3 is 2.65 bits per heavy atom. The minimum atomic E-state index is -0.293. The standard InChI is InChI=1S/C19H21ClFNO/c1-3-13-8-9-18(21)15(10-13)12-22-19(23)17(4-2)14-6-5-7-16(20)11-14/h5-11,17H,3-4,12H2,1-2H3,(H,22,23). The van der Waals surface area contributed by atoms with Gasteiger partial charge in [-0.3, -0.25) is 4.79 Å². The zero-order valence-corrected chi connectivity index (χ0v) is 14.2. The normalized spacial score (nSPS) is 12.0. The number of hydrogen-bond donors (Lipinski definition) is 1. The number of aryl methyl sites for hydroxylation is 1. The van der Waals surface area contributed by atoms with Crippen molar-refractivity contribution in [1.82, 2.24) is 5.32 Å². The molecule has 0 saturated carbocycles. The summed E-state index contributed by atoms with van der Waals surface area (Å²) in [7, 11) is 0. The van der Waals surface area contributed by atoms with Crippen molar-refractivity contribution < 1.29 is 9.18 Å². The van der Waals surface area contributed by atoms with Crippen LogP contribution < -0.4 is 5.32 Å². The van der Waals surface area contributed by atoms with E-state index in [1.54, 1.807) is 24.3 Å². The van der Waals surface area contributed by atoms with Crippen LogP contribution in [0.5, 0.6) is 0 Å². The monoisotopic (exact) mass is 333 g/mol. The van der Waals surface area contributed by atoms with Crippen LogP contribution in [-0.2, 0) is 17.8 Å². The number of carbonyl (C=O) groups excluding carboxylic acids is 1. The molecular weight excluding hydrogens is 313 g/mol. The summed E-state index contributed by atoms with van der Waals surface area (Å²) < 4.78 is 13.8. The first-order chi connectivity index (χ1) is 11.0. The molecule has 122 valence electrons. The van der Waals surface area contributed by atoms with Crippen molar-refractivity contribution in [2.45, 2.75) is 39.2 Å². The van der Waals surface area contributed by atoms with Gasteiger partial charge in [0.25, 0.3) is 0 Å². The number of rotatable bonds is 6. The summed E-state index contributed by atoms with van der Waals surface area (Å²) in [6, 6.07) is 12.3. The largest absolute Gasteiger partial charge is 0.351 e. The van der Waals surface area contributed by atoms with E-state index in [0.29, 0.717) is 17.0 Å². The van der Waals surface area contributed by atoms with Crippen LogP contribution >= 0.6 is 11.6 Å². The Bertz CT molecular complexity index is 687. The summed E-state index contributed by atoms with van der Waals surface area (Å²) in [4.78, 5) is 12.4. The Kier molecular flexibility index (Phi) is 6.17. The van der Waals surface area contributed by atoms with E-state index >= 15 is 0 Å². The average Bonchev–Trinajstić information content (AvgIpc) is 2.55. The van der Waals surface area contributed by atoms with Crippen LogP contribution in [0.4, 0.5) is 4.39 Å². The molecule has 0 heterocycles. The third-order valence-corrected chi connectivity index (χ3v) is 4.18. The second-order valence-electron chi connectivity index (χ2n) is 5.51. The number of amides is 1. The highest BCUT2D eigenvalue weighted by molar-refractivity contribution is 6.30. The molecule has 23 heavy (non-hydrogen) atoms. The Hall–Kier alpha value is -1.87. The maximum atomic E-state index is 13.8. The van der Waals surface area contributed by atoms with Crippen LogP contribution in [0.25, 0.3) is 0 Å². The van der Waals surface area contributed by atoms with Gasteiger partial charge in [0.2, 0.25) is 5.91 Å². The molecule has 0 aliphatic carbocycles. The molecule has 0 aliphatic rings. The summed E-state index contributed by atoms with van der Waals surface area (Å²) in [5.74, 6) is -0.694. The summed E-state index contributed by atoms with van der Waals surface area (Å²) in [6.07, 6.45) is 1.49. The second kappa shape index (κ2) is 8.11. The third-order valence-electron chi connectivity index (χ3n) is 3.95. The smallest absolute Gasteiger partial charge is 0.227 e. The Morgan fingerprint density at radius 1 is 1.22 bits per heavy atom. The number of carbonyl (C=O) groups is 1. The lowest BCUT2D eigenvalue weighted by molar-refractivity contribution is -0.122. The van der Waals surface area contributed by atoms with Crippen LogP contribution in [0.2, 0.25) is 5.02 Å². The van der Waals surface area contributed by atoms with Gasteiger partial charge in [-0.05, 0) is 42.2 Å². The molecule has 1 atom stereocenters. The number of hydrogen-bond acceptors (Lipinski definition) is 1. The molecule has 2 aromatic rings. The lowest BCUT2D eigenvalue weighted by Gasteiger charge is -2.16. The quantitative estimate of drug-likeness (QED) is 0.804. The highest BCUT2D eigenvalue weighted by atomic mass is 35.5. The third kappa shape index (κ3) is 4.55. The van der Waals surface area contributed by atoms with Crippen molar-refractivity contribution in [3.05, 3.63) is 70.0 Å². The van der Waals surface area contributed by atoms with Crippen molar-refractivity contribution in [2.24, 2.45) is 0 Å². The fourth-order valence-corrected chi connectivity index (χ4v) is 2.78. The van der Waals surface area contributed by atoms with Gasteiger partial charge in [-0.15, -0.1) is 0 Å². The van der Waals surface area contributed by atoms with Crippen LogP contribution in [0, 0.1) is 5.82 Å². The van der Waals surface area contributed by atoms with Crippen LogP contribution in [-0.4, -0.2) is 5.91 Å². The first kappa shape index (κ1) is 17.5. The van der Waals surface area contributed by atoms with E-state index in [1.807, 2.05) is 26.0 Å². The van der Waals surface area contributed by atoms with E-state index < -0.39 is 0 Å². The zero-order valence-electron chi connectivity index (χ0n) is 13.4. The molecule has 1 amide bonds. The van der Waals surface area contributed by atoms with E-state index in [-0.39, 0.29) is 24.2 Å². The van der Waals surface area contributed by atoms with E-state index in [0.717, 1.165) is 17.5 Å². The summed E-state index contributed by atoms with van der Waals surface area (Å²) in [5, 5.41) is 3.44. The SMILES string of the molecule is CCc1ccc(F)c(CNC(=O)C(CC)c2cccc(Cl)c2)c1. The second-order valence-corrected chi connectivity index (χ2v) is 5.95. The summed E-state index contributed by atoms with van der Waals surface area (Å²) in [6.45, 7) is 4.15. The molecule has 4 heteroatoms. The maximum Gasteiger partial charge on any atom is 0.227 e. The molecule has 2 nitrogen and oxygen atoms in total. The van der Waals surface area contributed by atoms with Crippen molar-refractivity contribution in [3.63, 3.8) is 0 Å². The molecule has 0 aliphatic heterocycles. The van der Waals surface area contributed by atoms with Crippen LogP contribution in [0.15, 0.2) is 42.5 Å². The molecule has 0 radical (unpaired) electrons. The van der Waals surface area contributed by atoms with Gasteiger partial charge in [0, 0.05) is 17.1 Å². The molecule has 1 N–H and O–H groups in total. The molecule has 0 aromatic heterocycles. The van der Waals surface area contributed by atoms with Gasteiger partial charge >= 0.3 is 0 Å².